The monoisotopic (exact) mass is 161 g/mol. The van der Waals surface area contributed by atoms with Crippen LogP contribution in [-0.2, 0) is 37.5 Å². The Morgan fingerprint density at radius 3 is 1.83 bits per heavy atom. The molecule has 0 bridgehead atoms. The van der Waals surface area contributed by atoms with Crippen LogP contribution in [0.5, 0.6) is 0 Å². The van der Waals surface area contributed by atoms with Gasteiger partial charge in [0, 0.05) is 38.6 Å². The van der Waals surface area contributed by atoms with Crippen molar-refractivity contribution in [3.05, 3.63) is 5.32 Å². The zero-order chi connectivity index (χ0) is 4.28. The average Bonchev–Trinajstić information content (AvgIpc) is 1.38. The molecule has 0 aliphatic heterocycles. The van der Waals surface area contributed by atoms with Crippen molar-refractivity contribution in [3.8, 4) is 0 Å². The van der Waals surface area contributed by atoms with Crippen molar-refractivity contribution < 1.29 is 37.5 Å². The smallest absolute Gasteiger partial charge is 0.0478 e. The summed E-state index contributed by atoms with van der Waals surface area (Å²) >= 11 is 0. The largest absolute Gasteiger partial charge is 0.656 e. The number of hydrogen-bond acceptors (Lipinski definition) is 1. The molecule has 6 heavy (non-hydrogen) atoms. The average molecular weight is 161 g/mol. The maximum Gasteiger partial charge on any atom is 0.0478 e. The summed E-state index contributed by atoms with van der Waals surface area (Å²) in [6, 6.07) is 0. The number of amides is 1. The van der Waals surface area contributed by atoms with Crippen LogP contribution in [0.1, 0.15) is 6.92 Å². The van der Waals surface area contributed by atoms with E-state index in [4.69, 9.17) is 0 Å². The minimum absolute atomic E-state index is 0. The molecule has 0 aromatic rings. The van der Waals surface area contributed by atoms with Crippen LogP contribution >= 0.6 is 0 Å². The number of rotatable bonds is 0. The summed E-state index contributed by atoms with van der Waals surface area (Å²) in [6.45, 7) is 1.42. The summed E-state index contributed by atoms with van der Waals surface area (Å²) in [4.78, 5) is 9.65. The molecule has 0 saturated carbocycles. The van der Waals surface area contributed by atoms with Crippen molar-refractivity contribution in [2.75, 3.05) is 7.05 Å². The Labute approximate surface area is 62.6 Å². The van der Waals surface area contributed by atoms with Crippen LogP contribution in [0.25, 0.3) is 5.32 Å². The third-order valence-electron chi connectivity index (χ3n) is 0.315. The van der Waals surface area contributed by atoms with Crippen LogP contribution in [0.4, 0.5) is 0 Å². The molecule has 0 unspecified atom stereocenters. The van der Waals surface area contributed by atoms with Gasteiger partial charge < -0.3 is 10.1 Å². The summed E-state index contributed by atoms with van der Waals surface area (Å²) in [7, 11) is 1.47. The van der Waals surface area contributed by atoms with Gasteiger partial charge in [0.15, 0.2) is 0 Å². The van der Waals surface area contributed by atoms with Gasteiger partial charge in [-0.05, 0) is 6.92 Å². The minimum Gasteiger partial charge on any atom is -0.656 e. The molecule has 0 saturated heterocycles. The first-order chi connectivity index (χ1) is 2.27. The molecule has 1 radical (unpaired) electrons. The predicted octanol–water partition coefficient (Wildman–Crippen LogP) is 0.534. The standard InChI is InChI=1S/C3H7NO.Y/c1-3(5)4-2;/h1-2H3,(H,4,5);/p-1. The van der Waals surface area contributed by atoms with Crippen molar-refractivity contribution in [2.24, 2.45) is 0 Å². The molecule has 0 fully saturated rings. The van der Waals surface area contributed by atoms with Gasteiger partial charge in [0.1, 0.15) is 0 Å². The molecule has 0 heterocycles. The molecule has 2 nitrogen and oxygen atoms in total. The number of carbonyl (C=O) groups is 1. The third-order valence-corrected chi connectivity index (χ3v) is 0.315. The summed E-state index contributed by atoms with van der Waals surface area (Å²) in [5.41, 5.74) is 0. The molecule has 0 aromatic carbocycles. The van der Waals surface area contributed by atoms with Crippen LogP contribution in [0.3, 0.4) is 0 Å². The molecular formula is C3H6NOY-. The molecule has 0 aliphatic rings. The van der Waals surface area contributed by atoms with Crippen molar-refractivity contribution in [2.45, 2.75) is 6.92 Å². The Hall–Kier alpha value is 0.574. The van der Waals surface area contributed by atoms with E-state index in [-0.39, 0.29) is 38.6 Å². The second-order valence-electron chi connectivity index (χ2n) is 0.743. The molecule has 0 aliphatic carbocycles. The Bertz CT molecular complexity index is 46.1. The predicted molar refractivity (Wildman–Crippen MR) is 20.0 cm³/mol. The fraction of sp³-hybridized carbons (Fsp3) is 0.667. The second kappa shape index (κ2) is 5.57. The molecule has 0 atom stereocenters. The first kappa shape index (κ1) is 9.76. The zero-order valence-electron chi connectivity index (χ0n) is 3.93. The summed E-state index contributed by atoms with van der Waals surface area (Å²) < 4.78 is 0. The Morgan fingerprint density at radius 1 is 1.67 bits per heavy atom. The first-order valence-electron chi connectivity index (χ1n) is 1.37. The maximum absolute atomic E-state index is 9.65. The third kappa shape index (κ3) is 8.82. The second-order valence-corrected chi connectivity index (χ2v) is 0.743. The number of hydrogen-bond donors (Lipinski definition) is 0. The molecule has 0 aromatic heterocycles. The van der Waals surface area contributed by atoms with E-state index in [0.717, 1.165) is 0 Å². The fourth-order valence-electron chi connectivity index (χ4n) is 0. The van der Waals surface area contributed by atoms with Gasteiger partial charge >= 0.3 is 0 Å². The van der Waals surface area contributed by atoms with E-state index in [0.29, 0.717) is 0 Å². The summed E-state index contributed by atoms with van der Waals surface area (Å²) in [5, 5.41) is 3.25. The van der Waals surface area contributed by atoms with E-state index in [2.05, 4.69) is 5.32 Å². The summed E-state index contributed by atoms with van der Waals surface area (Å²) in [6.07, 6.45) is 0. The van der Waals surface area contributed by atoms with Gasteiger partial charge in [-0.1, -0.05) is 0 Å². The van der Waals surface area contributed by atoms with Crippen LogP contribution in [-0.4, -0.2) is 13.0 Å². The van der Waals surface area contributed by atoms with Gasteiger partial charge in [-0.2, -0.15) is 0 Å². The van der Waals surface area contributed by atoms with Crippen molar-refractivity contribution in [1.82, 2.24) is 0 Å². The normalized spacial score (nSPS) is 5.67. The Kier molecular flexibility index (Phi) is 9.07. The van der Waals surface area contributed by atoms with E-state index in [9.17, 15) is 4.79 Å². The van der Waals surface area contributed by atoms with Crippen molar-refractivity contribution >= 4 is 5.91 Å². The van der Waals surface area contributed by atoms with Gasteiger partial charge in [0.05, 0.1) is 0 Å². The maximum atomic E-state index is 9.65. The molecule has 0 spiro atoms. The van der Waals surface area contributed by atoms with Crippen LogP contribution < -0.4 is 0 Å². The Balaban J connectivity index is 0. The van der Waals surface area contributed by atoms with E-state index >= 15 is 0 Å². The van der Waals surface area contributed by atoms with Crippen molar-refractivity contribution in [3.63, 3.8) is 0 Å². The Morgan fingerprint density at radius 2 is 1.83 bits per heavy atom. The topological polar surface area (TPSA) is 31.2 Å². The number of nitrogens with zero attached hydrogens (tertiary/aromatic N) is 1. The van der Waals surface area contributed by atoms with E-state index < -0.39 is 0 Å². The summed E-state index contributed by atoms with van der Waals surface area (Å²) in [5.74, 6) is -0.120. The molecular weight excluding hydrogens is 155 g/mol. The van der Waals surface area contributed by atoms with E-state index in [1.54, 1.807) is 0 Å². The first-order valence-corrected chi connectivity index (χ1v) is 1.37. The van der Waals surface area contributed by atoms with E-state index in [1.165, 1.54) is 14.0 Å². The zero-order valence-corrected chi connectivity index (χ0v) is 6.77. The van der Waals surface area contributed by atoms with Crippen LogP contribution in [0, 0.1) is 0 Å². The van der Waals surface area contributed by atoms with Crippen LogP contribution in [0.2, 0.25) is 0 Å². The van der Waals surface area contributed by atoms with Gasteiger partial charge in [-0.3, -0.25) is 0 Å². The number of carbonyl (C=O) groups excluding carboxylic acids is 1. The SMILES string of the molecule is C[N-]C(C)=O.[Y]. The quantitative estimate of drug-likeness (QED) is 0.509. The van der Waals surface area contributed by atoms with Gasteiger partial charge in [-0.15, -0.1) is 7.05 Å². The molecule has 1 amide bonds. The molecule has 0 N–H and O–H groups in total. The van der Waals surface area contributed by atoms with Crippen LogP contribution in [0.15, 0.2) is 0 Å². The van der Waals surface area contributed by atoms with Crippen molar-refractivity contribution in [1.29, 1.82) is 0 Å². The minimum atomic E-state index is -0.120. The van der Waals surface area contributed by atoms with Gasteiger partial charge in [-0.25, -0.2) is 0 Å². The van der Waals surface area contributed by atoms with Gasteiger partial charge in [0.25, 0.3) is 0 Å². The fourth-order valence-corrected chi connectivity index (χ4v) is 0. The van der Waals surface area contributed by atoms with E-state index in [1.807, 2.05) is 0 Å². The molecule has 33 valence electrons. The molecule has 3 heteroatoms. The molecule has 0 rings (SSSR count). The van der Waals surface area contributed by atoms with Gasteiger partial charge in [0.2, 0.25) is 0 Å².